The Morgan fingerprint density at radius 2 is 1.90 bits per heavy atom. The Balaban J connectivity index is 1.80. The van der Waals surface area contributed by atoms with Gasteiger partial charge in [-0.1, -0.05) is 47.5 Å². The van der Waals surface area contributed by atoms with E-state index in [1.165, 1.54) is 11.3 Å². The molecule has 4 aromatic rings. The van der Waals surface area contributed by atoms with Gasteiger partial charge in [-0.05, 0) is 42.8 Å². The summed E-state index contributed by atoms with van der Waals surface area (Å²) in [6.45, 7) is 1.89. The van der Waals surface area contributed by atoms with Crippen LogP contribution in [0.2, 0.25) is 10.0 Å². The van der Waals surface area contributed by atoms with Gasteiger partial charge in [0.1, 0.15) is 10.8 Å². The lowest BCUT2D eigenvalue weighted by molar-refractivity contribution is 0.102. The Kier molecular flexibility index (Phi) is 5.46. The molecule has 0 atom stereocenters. The number of carbonyl (C=O) groups is 1. The molecule has 0 aliphatic rings. The van der Waals surface area contributed by atoms with Crippen LogP contribution in [0.15, 0.2) is 54.6 Å². The first-order valence-electron chi connectivity index (χ1n) is 8.78. The van der Waals surface area contributed by atoms with Crippen LogP contribution in [-0.4, -0.2) is 18.0 Å². The number of para-hydroxylation sites is 2. The lowest BCUT2D eigenvalue weighted by Gasteiger charge is -2.15. The van der Waals surface area contributed by atoms with Crippen molar-refractivity contribution in [2.45, 2.75) is 6.92 Å². The average Bonchev–Trinajstić information content (AvgIpc) is 3.13. The predicted octanol–water partition coefficient (Wildman–Crippen LogP) is 6.84. The number of nitrogens with zero attached hydrogens (tertiary/aromatic N) is 1. The van der Waals surface area contributed by atoms with Crippen molar-refractivity contribution in [1.29, 1.82) is 0 Å². The summed E-state index contributed by atoms with van der Waals surface area (Å²) in [5.74, 6) is 0.203. The van der Waals surface area contributed by atoms with Gasteiger partial charge in [0.15, 0.2) is 0 Å². The summed E-state index contributed by atoms with van der Waals surface area (Å²) in [7, 11) is 1.54. The number of carbonyl (C=O) groups excluding carboxylic acids is 1. The molecule has 0 aliphatic carbocycles. The van der Waals surface area contributed by atoms with Crippen LogP contribution < -0.4 is 10.1 Å². The molecule has 0 saturated heterocycles. The van der Waals surface area contributed by atoms with Crippen molar-refractivity contribution in [2.75, 3.05) is 12.4 Å². The fourth-order valence-corrected chi connectivity index (χ4v) is 4.67. The molecule has 7 heteroatoms. The van der Waals surface area contributed by atoms with Crippen LogP contribution in [0.3, 0.4) is 0 Å². The number of hydrogen-bond donors (Lipinski definition) is 1. The molecular formula is C22H16Cl2N2O2S. The van der Waals surface area contributed by atoms with E-state index < -0.39 is 0 Å². The van der Waals surface area contributed by atoms with Crippen molar-refractivity contribution in [1.82, 2.24) is 4.98 Å². The molecule has 1 N–H and O–H groups in total. The summed E-state index contributed by atoms with van der Waals surface area (Å²) in [5.41, 5.74) is 3.30. The Bertz CT molecular complexity index is 1200. The summed E-state index contributed by atoms with van der Waals surface area (Å²) in [4.78, 5) is 17.7. The van der Waals surface area contributed by atoms with Crippen molar-refractivity contribution in [2.24, 2.45) is 0 Å². The fraction of sp³-hybridized carbons (Fsp3) is 0.0909. The van der Waals surface area contributed by atoms with Crippen LogP contribution in [0.4, 0.5) is 5.69 Å². The molecule has 0 unspecified atom stereocenters. The zero-order valence-electron chi connectivity index (χ0n) is 15.6. The molecule has 0 fully saturated rings. The lowest BCUT2D eigenvalue weighted by Crippen LogP contribution is -2.14. The summed E-state index contributed by atoms with van der Waals surface area (Å²) >= 11 is 14.2. The molecule has 0 saturated carbocycles. The first-order valence-corrected chi connectivity index (χ1v) is 10.3. The number of anilines is 1. The van der Waals surface area contributed by atoms with Crippen molar-refractivity contribution in [3.8, 4) is 16.3 Å². The minimum Gasteiger partial charge on any atom is -0.496 e. The van der Waals surface area contributed by atoms with E-state index in [2.05, 4.69) is 10.3 Å². The lowest BCUT2D eigenvalue weighted by atomic mass is 10.1. The minimum atomic E-state index is -0.322. The molecule has 3 aromatic carbocycles. The van der Waals surface area contributed by atoms with E-state index >= 15 is 0 Å². The smallest absolute Gasteiger partial charge is 0.259 e. The standard InChI is InChI=1S/C22H16Cl2N2O2S/c1-12-6-5-7-14(20(12)28-2)21(27)26-19-15(10-13(23)11-16(19)24)22-25-17-8-3-4-9-18(17)29-22/h3-11H,1-2H3,(H,26,27). The molecule has 0 radical (unpaired) electrons. The van der Waals surface area contributed by atoms with E-state index in [-0.39, 0.29) is 5.91 Å². The predicted molar refractivity (Wildman–Crippen MR) is 121 cm³/mol. The van der Waals surface area contributed by atoms with Crippen molar-refractivity contribution in [3.63, 3.8) is 0 Å². The Hall–Kier alpha value is -2.60. The number of thiazole rings is 1. The Labute approximate surface area is 182 Å². The number of hydrogen-bond acceptors (Lipinski definition) is 4. The Morgan fingerprint density at radius 3 is 2.66 bits per heavy atom. The highest BCUT2D eigenvalue weighted by Crippen LogP contribution is 2.40. The van der Waals surface area contributed by atoms with E-state index in [1.54, 1.807) is 25.3 Å². The Morgan fingerprint density at radius 1 is 1.10 bits per heavy atom. The highest BCUT2D eigenvalue weighted by molar-refractivity contribution is 7.21. The number of nitrogens with one attached hydrogen (secondary N) is 1. The van der Waals surface area contributed by atoms with Crippen LogP contribution in [-0.2, 0) is 0 Å². The van der Waals surface area contributed by atoms with E-state index in [0.717, 1.165) is 20.8 Å². The van der Waals surface area contributed by atoms with Gasteiger partial charge in [0.2, 0.25) is 0 Å². The van der Waals surface area contributed by atoms with Crippen molar-refractivity contribution < 1.29 is 9.53 Å². The third-order valence-corrected chi connectivity index (χ3v) is 6.06. The molecule has 1 amide bonds. The van der Waals surface area contributed by atoms with Crippen molar-refractivity contribution >= 4 is 56.3 Å². The maximum atomic E-state index is 13.0. The summed E-state index contributed by atoms with van der Waals surface area (Å²) < 4.78 is 6.45. The number of methoxy groups -OCH3 is 1. The third-order valence-electron chi connectivity index (χ3n) is 4.48. The number of fused-ring (bicyclic) bond motifs is 1. The average molecular weight is 443 g/mol. The van der Waals surface area contributed by atoms with Gasteiger partial charge < -0.3 is 10.1 Å². The fourth-order valence-electron chi connectivity index (χ4n) is 3.14. The summed E-state index contributed by atoms with van der Waals surface area (Å²) in [6, 6.07) is 16.6. The van der Waals surface area contributed by atoms with Crippen LogP contribution in [0.25, 0.3) is 20.8 Å². The van der Waals surface area contributed by atoms with Gasteiger partial charge in [-0.15, -0.1) is 11.3 Å². The highest BCUT2D eigenvalue weighted by atomic mass is 35.5. The third kappa shape index (κ3) is 3.81. The summed E-state index contributed by atoms with van der Waals surface area (Å²) in [5, 5.41) is 4.46. The van der Waals surface area contributed by atoms with Crippen LogP contribution in [0.1, 0.15) is 15.9 Å². The molecule has 0 aliphatic heterocycles. The maximum absolute atomic E-state index is 13.0. The van der Waals surface area contributed by atoms with E-state index in [9.17, 15) is 4.79 Å². The van der Waals surface area contributed by atoms with Gasteiger partial charge in [-0.25, -0.2) is 4.98 Å². The number of rotatable bonds is 4. The molecule has 146 valence electrons. The first kappa shape index (κ1) is 19.7. The maximum Gasteiger partial charge on any atom is 0.259 e. The zero-order chi connectivity index (χ0) is 20.5. The second-order valence-corrected chi connectivity index (χ2v) is 8.28. The molecule has 4 rings (SSSR count). The highest BCUT2D eigenvalue weighted by Gasteiger charge is 2.20. The van der Waals surface area contributed by atoms with Crippen LogP contribution >= 0.6 is 34.5 Å². The summed E-state index contributed by atoms with van der Waals surface area (Å²) in [6.07, 6.45) is 0. The van der Waals surface area contributed by atoms with Gasteiger partial charge >= 0.3 is 0 Å². The molecule has 1 heterocycles. The van der Waals surface area contributed by atoms with E-state index in [4.69, 9.17) is 27.9 Å². The normalized spacial score (nSPS) is 10.9. The molecule has 29 heavy (non-hydrogen) atoms. The number of amides is 1. The van der Waals surface area contributed by atoms with E-state index in [0.29, 0.717) is 32.6 Å². The number of aryl methyl sites for hydroxylation is 1. The SMILES string of the molecule is COc1c(C)cccc1C(=O)Nc1c(Cl)cc(Cl)cc1-c1nc2ccccc2s1. The first-order chi connectivity index (χ1) is 14.0. The molecule has 1 aromatic heterocycles. The van der Waals surface area contributed by atoms with Crippen LogP contribution in [0, 0.1) is 6.92 Å². The zero-order valence-corrected chi connectivity index (χ0v) is 18.0. The number of aromatic nitrogens is 1. The topological polar surface area (TPSA) is 51.2 Å². The minimum absolute atomic E-state index is 0.322. The van der Waals surface area contributed by atoms with Crippen LogP contribution in [0.5, 0.6) is 5.75 Å². The van der Waals surface area contributed by atoms with Crippen molar-refractivity contribution in [3.05, 3.63) is 75.8 Å². The van der Waals surface area contributed by atoms with E-state index in [1.807, 2.05) is 43.3 Å². The van der Waals surface area contributed by atoms with Gasteiger partial charge in [-0.2, -0.15) is 0 Å². The largest absolute Gasteiger partial charge is 0.496 e. The molecule has 0 spiro atoms. The van der Waals surface area contributed by atoms with Gasteiger partial charge in [0, 0.05) is 10.6 Å². The molecule has 4 nitrogen and oxygen atoms in total. The van der Waals surface area contributed by atoms with Gasteiger partial charge in [0.25, 0.3) is 5.91 Å². The van der Waals surface area contributed by atoms with Gasteiger partial charge in [0.05, 0.1) is 33.6 Å². The quantitative estimate of drug-likeness (QED) is 0.376. The number of benzene rings is 3. The number of halogens is 2. The second-order valence-electron chi connectivity index (χ2n) is 6.41. The number of ether oxygens (including phenoxy) is 1. The molecular weight excluding hydrogens is 427 g/mol. The monoisotopic (exact) mass is 442 g/mol. The molecule has 0 bridgehead atoms. The second kappa shape index (κ2) is 8.03. The van der Waals surface area contributed by atoms with Gasteiger partial charge in [-0.3, -0.25) is 4.79 Å².